The highest BCUT2D eigenvalue weighted by Crippen LogP contribution is 2.59. The van der Waals surface area contributed by atoms with Crippen LogP contribution in [-0.4, -0.2) is 47.2 Å². The molecule has 5 fully saturated rings. The molecule has 0 aromatic heterocycles. The molecule has 1 aromatic rings. The van der Waals surface area contributed by atoms with Crippen molar-refractivity contribution in [1.82, 2.24) is 4.90 Å². The van der Waals surface area contributed by atoms with E-state index in [2.05, 4.69) is 39.0 Å². The van der Waals surface area contributed by atoms with Gasteiger partial charge in [-0.2, -0.15) is 0 Å². The fraction of sp³-hybridized carbons (Fsp3) is 0.724. The zero-order valence-corrected chi connectivity index (χ0v) is 22.4. The highest BCUT2D eigenvalue weighted by Gasteiger charge is 2.55. The summed E-state index contributed by atoms with van der Waals surface area (Å²) in [7, 11) is 0. The van der Waals surface area contributed by atoms with Crippen molar-refractivity contribution in [2.45, 2.75) is 88.1 Å². The summed E-state index contributed by atoms with van der Waals surface area (Å²) in [6.07, 6.45) is 9.19. The summed E-state index contributed by atoms with van der Waals surface area (Å²) in [6, 6.07) is 6.36. The zero-order valence-electron chi connectivity index (χ0n) is 20.8. The van der Waals surface area contributed by atoms with Crippen molar-refractivity contribution in [3.63, 3.8) is 0 Å². The largest absolute Gasteiger partial charge is 0.466 e. The molecule has 35 heavy (non-hydrogen) atoms. The Morgan fingerprint density at radius 3 is 2.46 bits per heavy atom. The highest BCUT2D eigenvalue weighted by atomic mass is 79.9. The van der Waals surface area contributed by atoms with E-state index in [4.69, 9.17) is 4.74 Å². The average molecular weight is 545 g/mol. The molecule has 3 unspecified atom stereocenters. The van der Waals surface area contributed by atoms with Crippen LogP contribution in [0.15, 0.2) is 22.7 Å². The van der Waals surface area contributed by atoms with Crippen LogP contribution in [0.25, 0.3) is 0 Å². The van der Waals surface area contributed by atoms with Crippen LogP contribution in [0.3, 0.4) is 0 Å². The number of benzene rings is 1. The van der Waals surface area contributed by atoms with E-state index in [1.165, 1.54) is 24.0 Å². The Bertz CT molecular complexity index is 1000. The number of likely N-dealkylation sites (tertiary alicyclic amines) is 1. The lowest BCUT2D eigenvalue weighted by molar-refractivity contribution is -0.161. The van der Waals surface area contributed by atoms with Gasteiger partial charge < -0.3 is 14.7 Å². The second-order valence-corrected chi connectivity index (χ2v) is 13.2. The van der Waals surface area contributed by atoms with E-state index in [1.807, 2.05) is 6.92 Å². The van der Waals surface area contributed by atoms with Crippen molar-refractivity contribution < 1.29 is 19.4 Å². The van der Waals surface area contributed by atoms with Crippen LogP contribution in [0.4, 0.5) is 0 Å². The number of carbonyl (C=O) groups excluding carboxylic acids is 2. The van der Waals surface area contributed by atoms with Gasteiger partial charge in [-0.05, 0) is 105 Å². The van der Waals surface area contributed by atoms with Gasteiger partial charge in [-0.1, -0.05) is 28.1 Å². The first-order valence-corrected chi connectivity index (χ1v) is 14.5. The second-order valence-electron chi connectivity index (χ2n) is 12.3. The molecule has 1 spiro atoms. The number of hydrogen-bond donors (Lipinski definition) is 1. The van der Waals surface area contributed by atoms with Gasteiger partial charge in [0.1, 0.15) is 0 Å². The molecule has 5 aliphatic carbocycles. The van der Waals surface area contributed by atoms with Crippen LogP contribution in [0.1, 0.15) is 88.2 Å². The maximum absolute atomic E-state index is 13.5. The van der Waals surface area contributed by atoms with Gasteiger partial charge in [0, 0.05) is 29.4 Å². The number of ether oxygens (including phenoxy) is 1. The molecule has 190 valence electrons. The number of nitrogens with zero attached hydrogens (tertiary/aromatic N) is 1. The lowest BCUT2D eigenvalue weighted by atomic mass is 9.49. The predicted octanol–water partition coefficient (Wildman–Crippen LogP) is 5.33. The molecule has 6 aliphatic rings. The molecule has 3 atom stereocenters. The topological polar surface area (TPSA) is 66.8 Å². The Morgan fingerprint density at radius 2 is 1.80 bits per heavy atom. The van der Waals surface area contributed by atoms with Crippen LogP contribution in [0.5, 0.6) is 0 Å². The van der Waals surface area contributed by atoms with Crippen molar-refractivity contribution in [2.24, 2.45) is 23.7 Å². The number of esters is 1. The fourth-order valence-corrected chi connectivity index (χ4v) is 9.92. The second kappa shape index (κ2) is 8.86. The molecule has 0 radical (unpaired) electrons. The standard InChI is InChI=1S/C29H38BrNO4/c1-2-35-26(33)12-21-15-28(27-22(21)4-3-5-24(27)30)6-8-31(9-7-28)25(32)13-23-19-10-18-11-20(23)17-29(34,14-18)16-19/h3-5,18-21,23,34H,2,6-17H2,1H3. The Hall–Kier alpha value is -1.40. The first-order chi connectivity index (χ1) is 16.8. The number of hydrogen-bond acceptors (Lipinski definition) is 4. The maximum Gasteiger partial charge on any atom is 0.306 e. The summed E-state index contributed by atoms with van der Waals surface area (Å²) in [5, 5.41) is 10.9. The van der Waals surface area contributed by atoms with Gasteiger partial charge in [-0.25, -0.2) is 0 Å². The number of rotatable bonds is 5. The molecule has 6 heteroatoms. The molecule has 4 bridgehead atoms. The third-order valence-corrected chi connectivity index (χ3v) is 11.0. The third kappa shape index (κ3) is 4.17. The molecule has 1 amide bonds. The van der Waals surface area contributed by atoms with Gasteiger partial charge in [0.05, 0.1) is 18.6 Å². The average Bonchev–Trinajstić information content (AvgIpc) is 3.09. The number of fused-ring (bicyclic) bond motifs is 2. The lowest BCUT2D eigenvalue weighted by Crippen LogP contribution is -2.55. The minimum Gasteiger partial charge on any atom is -0.466 e. The molecule has 7 rings (SSSR count). The molecule has 1 saturated heterocycles. The van der Waals surface area contributed by atoms with E-state index in [0.29, 0.717) is 49.0 Å². The number of aliphatic hydroxyl groups is 1. The lowest BCUT2D eigenvalue weighted by Gasteiger charge is -2.58. The minimum atomic E-state index is -0.434. The van der Waals surface area contributed by atoms with E-state index in [1.54, 1.807) is 0 Å². The Labute approximate surface area is 217 Å². The quantitative estimate of drug-likeness (QED) is 0.510. The number of amides is 1. The zero-order chi connectivity index (χ0) is 24.4. The van der Waals surface area contributed by atoms with E-state index in [-0.39, 0.29) is 17.3 Å². The first kappa shape index (κ1) is 24.0. The monoisotopic (exact) mass is 543 g/mol. The molecule has 5 nitrogen and oxygen atoms in total. The Balaban J connectivity index is 1.13. The van der Waals surface area contributed by atoms with Crippen LogP contribution < -0.4 is 0 Å². The summed E-state index contributed by atoms with van der Waals surface area (Å²) in [4.78, 5) is 27.9. The van der Waals surface area contributed by atoms with E-state index in [0.717, 1.165) is 56.1 Å². The van der Waals surface area contributed by atoms with Gasteiger partial charge in [0.15, 0.2) is 0 Å². The third-order valence-electron chi connectivity index (χ3n) is 10.3. The molecular formula is C29H38BrNO4. The van der Waals surface area contributed by atoms with Gasteiger partial charge in [-0.3, -0.25) is 9.59 Å². The summed E-state index contributed by atoms with van der Waals surface area (Å²) in [5.74, 6) is 2.60. The SMILES string of the molecule is CCOC(=O)CC1CC2(CCN(C(=O)CC3C4CC5CC3CC(O)(C5)C4)CC2)c2c(Br)cccc21. The van der Waals surface area contributed by atoms with Crippen molar-refractivity contribution in [2.75, 3.05) is 19.7 Å². The van der Waals surface area contributed by atoms with Crippen molar-refractivity contribution in [1.29, 1.82) is 0 Å². The van der Waals surface area contributed by atoms with Crippen molar-refractivity contribution >= 4 is 27.8 Å². The van der Waals surface area contributed by atoms with Crippen LogP contribution in [0.2, 0.25) is 0 Å². The molecule has 1 aromatic carbocycles. The van der Waals surface area contributed by atoms with Gasteiger partial charge in [0.25, 0.3) is 0 Å². The summed E-state index contributed by atoms with van der Waals surface area (Å²) in [5.41, 5.74) is 2.22. The van der Waals surface area contributed by atoms with E-state index < -0.39 is 5.60 Å². The predicted molar refractivity (Wildman–Crippen MR) is 137 cm³/mol. The normalized spacial score (nSPS) is 36.4. The van der Waals surface area contributed by atoms with E-state index >= 15 is 0 Å². The summed E-state index contributed by atoms with van der Waals surface area (Å²) >= 11 is 3.82. The van der Waals surface area contributed by atoms with Crippen molar-refractivity contribution in [3.8, 4) is 0 Å². The van der Waals surface area contributed by atoms with Crippen LogP contribution >= 0.6 is 15.9 Å². The first-order valence-electron chi connectivity index (χ1n) is 13.7. The fourth-order valence-electron chi connectivity index (χ4n) is 9.12. The number of piperidine rings is 1. The van der Waals surface area contributed by atoms with Gasteiger partial charge >= 0.3 is 5.97 Å². The number of carbonyl (C=O) groups is 2. The number of halogens is 1. The Morgan fingerprint density at radius 1 is 1.09 bits per heavy atom. The van der Waals surface area contributed by atoms with E-state index in [9.17, 15) is 14.7 Å². The summed E-state index contributed by atoms with van der Waals surface area (Å²) < 4.78 is 6.41. The van der Waals surface area contributed by atoms with Gasteiger partial charge in [-0.15, -0.1) is 0 Å². The maximum atomic E-state index is 13.5. The molecule has 1 heterocycles. The van der Waals surface area contributed by atoms with Gasteiger partial charge in [0.2, 0.25) is 5.91 Å². The molecule has 1 aliphatic heterocycles. The van der Waals surface area contributed by atoms with Crippen LogP contribution in [-0.2, 0) is 19.7 Å². The van der Waals surface area contributed by atoms with Crippen molar-refractivity contribution in [3.05, 3.63) is 33.8 Å². The highest BCUT2D eigenvalue weighted by molar-refractivity contribution is 9.10. The summed E-state index contributed by atoms with van der Waals surface area (Å²) in [6.45, 7) is 3.86. The Kier molecular flexibility index (Phi) is 6.07. The molecule has 4 saturated carbocycles. The minimum absolute atomic E-state index is 0.0231. The molecular weight excluding hydrogens is 506 g/mol. The molecule has 1 N–H and O–H groups in total. The van der Waals surface area contributed by atoms with Crippen LogP contribution in [0, 0.1) is 23.7 Å². The smallest absolute Gasteiger partial charge is 0.306 e.